The topological polar surface area (TPSA) is 40.5 Å². The van der Waals surface area contributed by atoms with E-state index in [1.165, 1.54) is 18.2 Å². The van der Waals surface area contributed by atoms with Gasteiger partial charge in [-0.05, 0) is 12.1 Å². The smallest absolute Gasteiger partial charge is 0.394 e. The molecule has 0 fully saturated rings. The van der Waals surface area contributed by atoms with Gasteiger partial charge in [0.25, 0.3) is 0 Å². The van der Waals surface area contributed by atoms with Crippen molar-refractivity contribution in [2.75, 3.05) is 12.4 Å². The number of benzene rings is 1. The Labute approximate surface area is 95.1 Å². The van der Waals surface area contributed by atoms with E-state index in [4.69, 9.17) is 10.2 Å². The fourth-order valence-corrected chi connectivity index (χ4v) is 2.06. The van der Waals surface area contributed by atoms with Crippen molar-refractivity contribution in [1.29, 1.82) is 0 Å². The first-order valence-corrected chi connectivity index (χ1v) is 5.51. The van der Waals surface area contributed by atoms with Gasteiger partial charge < -0.3 is 10.2 Å². The first-order valence-electron chi connectivity index (χ1n) is 4.53. The van der Waals surface area contributed by atoms with Crippen molar-refractivity contribution < 1.29 is 23.4 Å². The van der Waals surface area contributed by atoms with Crippen LogP contribution in [0.15, 0.2) is 29.2 Å². The van der Waals surface area contributed by atoms with Crippen molar-refractivity contribution in [3.63, 3.8) is 0 Å². The van der Waals surface area contributed by atoms with Crippen LogP contribution in [0.3, 0.4) is 0 Å². The third-order valence-electron chi connectivity index (χ3n) is 1.83. The van der Waals surface area contributed by atoms with E-state index in [-0.39, 0.29) is 10.6 Å². The predicted octanol–water partition coefficient (Wildman–Crippen LogP) is 2.15. The van der Waals surface area contributed by atoms with Gasteiger partial charge in [0.05, 0.1) is 18.3 Å². The first-order chi connectivity index (χ1) is 7.45. The number of alkyl halides is 3. The molecule has 1 aromatic rings. The van der Waals surface area contributed by atoms with E-state index in [9.17, 15) is 13.2 Å². The Morgan fingerprint density at radius 1 is 1.25 bits per heavy atom. The van der Waals surface area contributed by atoms with Crippen LogP contribution in [0.5, 0.6) is 0 Å². The van der Waals surface area contributed by atoms with Crippen molar-refractivity contribution >= 4 is 11.8 Å². The molecule has 2 N–H and O–H groups in total. The molecule has 1 aromatic carbocycles. The standard InChI is InChI=1S/C10H11F3O2S/c11-10(12,13)8-3-1-2-4-9(8)16-6-7(15)5-14/h1-4,7,14-15H,5-6H2. The second-order valence-electron chi connectivity index (χ2n) is 3.14. The lowest BCUT2D eigenvalue weighted by Gasteiger charge is -2.13. The molecular formula is C10H11F3O2S. The Balaban J connectivity index is 2.80. The number of aliphatic hydroxyl groups is 2. The van der Waals surface area contributed by atoms with Crippen molar-refractivity contribution in [3.8, 4) is 0 Å². The Hall–Kier alpha value is -0.720. The summed E-state index contributed by atoms with van der Waals surface area (Å²) in [6.07, 6.45) is -5.40. The van der Waals surface area contributed by atoms with Crippen LogP contribution in [-0.2, 0) is 6.18 Å². The van der Waals surface area contributed by atoms with E-state index >= 15 is 0 Å². The summed E-state index contributed by atoms with van der Waals surface area (Å²) >= 11 is 0.877. The van der Waals surface area contributed by atoms with Crippen LogP contribution < -0.4 is 0 Å². The highest BCUT2D eigenvalue weighted by molar-refractivity contribution is 7.99. The molecule has 0 saturated carbocycles. The van der Waals surface area contributed by atoms with E-state index in [1.807, 2.05) is 0 Å². The molecule has 0 saturated heterocycles. The van der Waals surface area contributed by atoms with Gasteiger partial charge in [0.2, 0.25) is 0 Å². The average Bonchev–Trinajstić information content (AvgIpc) is 2.25. The van der Waals surface area contributed by atoms with Gasteiger partial charge in [0.15, 0.2) is 0 Å². The largest absolute Gasteiger partial charge is 0.417 e. The maximum Gasteiger partial charge on any atom is 0.417 e. The van der Waals surface area contributed by atoms with Crippen molar-refractivity contribution in [2.45, 2.75) is 17.2 Å². The minimum atomic E-state index is -4.40. The summed E-state index contributed by atoms with van der Waals surface area (Å²) in [5, 5.41) is 17.6. The van der Waals surface area contributed by atoms with Gasteiger partial charge in [0, 0.05) is 10.6 Å². The first kappa shape index (κ1) is 13.3. The highest BCUT2D eigenvalue weighted by Crippen LogP contribution is 2.36. The second-order valence-corrected chi connectivity index (χ2v) is 4.20. The quantitative estimate of drug-likeness (QED) is 0.807. The molecule has 1 rings (SSSR count). The van der Waals surface area contributed by atoms with Gasteiger partial charge in [-0.25, -0.2) is 0 Å². The van der Waals surface area contributed by atoms with Gasteiger partial charge in [-0.3, -0.25) is 0 Å². The van der Waals surface area contributed by atoms with Gasteiger partial charge >= 0.3 is 6.18 Å². The summed E-state index contributed by atoms with van der Waals surface area (Å²) in [4.78, 5) is 0.0579. The summed E-state index contributed by atoms with van der Waals surface area (Å²) < 4.78 is 37.6. The maximum atomic E-state index is 12.5. The highest BCUT2D eigenvalue weighted by Gasteiger charge is 2.33. The lowest BCUT2D eigenvalue weighted by Crippen LogP contribution is -2.15. The summed E-state index contributed by atoms with van der Waals surface area (Å²) in [6.45, 7) is -0.457. The van der Waals surface area contributed by atoms with Crippen molar-refractivity contribution in [2.24, 2.45) is 0 Å². The Morgan fingerprint density at radius 2 is 1.88 bits per heavy atom. The third-order valence-corrected chi connectivity index (χ3v) is 3.05. The van der Waals surface area contributed by atoms with E-state index in [1.54, 1.807) is 0 Å². The summed E-state index contributed by atoms with van der Waals surface area (Å²) in [5.41, 5.74) is -0.717. The molecule has 0 aromatic heterocycles. The van der Waals surface area contributed by atoms with E-state index < -0.39 is 24.5 Å². The third kappa shape index (κ3) is 3.70. The molecule has 1 unspecified atom stereocenters. The van der Waals surface area contributed by atoms with E-state index in [2.05, 4.69) is 0 Å². The molecule has 0 amide bonds. The van der Waals surface area contributed by atoms with E-state index in [0.29, 0.717) is 0 Å². The molecule has 0 bridgehead atoms. The summed E-state index contributed by atoms with van der Waals surface area (Å²) in [5.74, 6) is 0.0313. The molecule has 0 aliphatic heterocycles. The molecule has 90 valence electrons. The summed E-state index contributed by atoms with van der Waals surface area (Å²) in [7, 11) is 0. The van der Waals surface area contributed by atoms with Crippen LogP contribution >= 0.6 is 11.8 Å². The molecule has 16 heavy (non-hydrogen) atoms. The second kappa shape index (κ2) is 5.56. The fraction of sp³-hybridized carbons (Fsp3) is 0.400. The van der Waals surface area contributed by atoms with Crippen LogP contribution in [-0.4, -0.2) is 28.7 Å². The number of halogens is 3. The Bertz CT molecular complexity index is 341. The molecular weight excluding hydrogens is 241 g/mol. The lowest BCUT2D eigenvalue weighted by molar-refractivity contribution is -0.139. The number of aliphatic hydroxyl groups excluding tert-OH is 2. The van der Waals surface area contributed by atoms with Crippen LogP contribution in [0, 0.1) is 0 Å². The molecule has 2 nitrogen and oxygen atoms in total. The van der Waals surface area contributed by atoms with Gasteiger partial charge in [-0.15, -0.1) is 11.8 Å². The zero-order valence-corrected chi connectivity index (χ0v) is 9.05. The maximum absolute atomic E-state index is 12.5. The predicted molar refractivity (Wildman–Crippen MR) is 55.3 cm³/mol. The molecule has 0 radical (unpaired) electrons. The molecule has 0 aliphatic rings. The molecule has 0 spiro atoms. The number of rotatable bonds is 4. The molecule has 1 atom stereocenters. The zero-order chi connectivity index (χ0) is 12.2. The zero-order valence-electron chi connectivity index (χ0n) is 8.24. The number of thioether (sulfide) groups is 1. The van der Waals surface area contributed by atoms with Gasteiger partial charge in [-0.1, -0.05) is 12.1 Å². The number of hydrogen-bond donors (Lipinski definition) is 2. The SMILES string of the molecule is OCC(O)CSc1ccccc1C(F)(F)F. The molecule has 0 aliphatic carbocycles. The minimum absolute atomic E-state index is 0.0313. The monoisotopic (exact) mass is 252 g/mol. The van der Waals surface area contributed by atoms with Crippen molar-refractivity contribution in [1.82, 2.24) is 0 Å². The van der Waals surface area contributed by atoms with Crippen LogP contribution in [0.4, 0.5) is 13.2 Å². The Morgan fingerprint density at radius 3 is 2.44 bits per heavy atom. The fourth-order valence-electron chi connectivity index (χ4n) is 1.07. The molecule has 0 heterocycles. The van der Waals surface area contributed by atoms with Crippen LogP contribution in [0.1, 0.15) is 5.56 Å². The average molecular weight is 252 g/mol. The van der Waals surface area contributed by atoms with Crippen LogP contribution in [0.25, 0.3) is 0 Å². The highest BCUT2D eigenvalue weighted by atomic mass is 32.2. The van der Waals surface area contributed by atoms with Gasteiger partial charge in [-0.2, -0.15) is 13.2 Å². The Kier molecular flexibility index (Phi) is 4.64. The minimum Gasteiger partial charge on any atom is -0.394 e. The van der Waals surface area contributed by atoms with E-state index in [0.717, 1.165) is 17.8 Å². The number of hydrogen-bond acceptors (Lipinski definition) is 3. The van der Waals surface area contributed by atoms with Gasteiger partial charge in [0.1, 0.15) is 0 Å². The molecule has 6 heteroatoms. The van der Waals surface area contributed by atoms with Crippen LogP contribution in [0.2, 0.25) is 0 Å². The van der Waals surface area contributed by atoms with Crippen molar-refractivity contribution in [3.05, 3.63) is 29.8 Å². The summed E-state index contributed by atoms with van der Waals surface area (Å²) in [6, 6.07) is 5.16. The lowest BCUT2D eigenvalue weighted by atomic mass is 10.2. The normalized spacial score (nSPS) is 13.8.